The van der Waals surface area contributed by atoms with Crippen LogP contribution in [-0.4, -0.2) is 23.2 Å². The zero-order chi connectivity index (χ0) is 13.9. The normalized spacial score (nSPS) is 13.4. The third-order valence-electron chi connectivity index (χ3n) is 3.24. The fourth-order valence-corrected chi connectivity index (χ4v) is 2.44. The van der Waals surface area contributed by atoms with E-state index in [0.717, 1.165) is 17.0 Å². The molecule has 2 N–H and O–H groups in total. The third kappa shape index (κ3) is 3.39. The van der Waals surface area contributed by atoms with Gasteiger partial charge < -0.3 is 10.5 Å². The van der Waals surface area contributed by atoms with E-state index in [1.165, 1.54) is 0 Å². The lowest BCUT2D eigenvalue weighted by Crippen LogP contribution is -2.46. The molecule has 0 amide bonds. The van der Waals surface area contributed by atoms with Crippen LogP contribution < -0.4 is 10.5 Å². The van der Waals surface area contributed by atoms with Crippen molar-refractivity contribution < 1.29 is 4.74 Å². The number of benzene rings is 1. The summed E-state index contributed by atoms with van der Waals surface area (Å²) in [7, 11) is 0. The van der Waals surface area contributed by atoms with Gasteiger partial charge in [-0.25, -0.2) is 0 Å². The molecule has 102 valence electrons. The van der Waals surface area contributed by atoms with E-state index in [2.05, 4.69) is 39.5 Å². The summed E-state index contributed by atoms with van der Waals surface area (Å²) in [5.41, 5.74) is 7.69. The maximum absolute atomic E-state index is 6.06. The average molecular weight is 250 g/mol. The Morgan fingerprint density at radius 3 is 2.11 bits per heavy atom. The number of ether oxygens (including phenoxy) is 1. The van der Waals surface area contributed by atoms with Crippen molar-refractivity contribution in [3.05, 3.63) is 23.8 Å². The maximum Gasteiger partial charge on any atom is 0.150 e. The van der Waals surface area contributed by atoms with Crippen LogP contribution in [0.4, 0.5) is 5.69 Å². The highest BCUT2D eigenvalue weighted by Gasteiger charge is 2.22. The predicted octanol–water partition coefficient (Wildman–Crippen LogP) is 3.42. The van der Waals surface area contributed by atoms with Crippen LogP contribution in [0.5, 0.6) is 5.75 Å². The highest BCUT2D eigenvalue weighted by Crippen LogP contribution is 2.25. The summed E-state index contributed by atoms with van der Waals surface area (Å²) >= 11 is 0. The lowest BCUT2D eigenvalue weighted by molar-refractivity contribution is -0.00595. The van der Waals surface area contributed by atoms with Crippen LogP contribution in [0.25, 0.3) is 0 Å². The van der Waals surface area contributed by atoms with Crippen molar-refractivity contribution in [1.82, 2.24) is 4.90 Å². The van der Waals surface area contributed by atoms with E-state index in [1.807, 2.05) is 25.1 Å². The molecule has 0 spiro atoms. The second kappa shape index (κ2) is 6.10. The predicted molar refractivity (Wildman–Crippen MR) is 77.8 cm³/mol. The van der Waals surface area contributed by atoms with Gasteiger partial charge in [0.1, 0.15) is 12.0 Å². The fourth-order valence-electron chi connectivity index (χ4n) is 2.44. The van der Waals surface area contributed by atoms with Crippen LogP contribution in [0, 0.1) is 6.92 Å². The molecule has 1 atom stereocenters. The van der Waals surface area contributed by atoms with Gasteiger partial charge in [-0.2, -0.15) is 0 Å². The Morgan fingerprint density at radius 1 is 1.06 bits per heavy atom. The first-order chi connectivity index (χ1) is 8.34. The lowest BCUT2D eigenvalue weighted by Gasteiger charge is -2.36. The van der Waals surface area contributed by atoms with Crippen LogP contribution in [0.1, 0.15) is 40.2 Å². The minimum atomic E-state index is 0.0329. The monoisotopic (exact) mass is 250 g/mol. The highest BCUT2D eigenvalue weighted by atomic mass is 16.5. The van der Waals surface area contributed by atoms with Crippen molar-refractivity contribution in [1.29, 1.82) is 0 Å². The fraction of sp³-hybridized carbons (Fsp3) is 0.600. The van der Waals surface area contributed by atoms with Gasteiger partial charge in [-0.15, -0.1) is 0 Å². The van der Waals surface area contributed by atoms with Crippen LogP contribution in [-0.2, 0) is 0 Å². The minimum absolute atomic E-state index is 0.0329. The average Bonchev–Trinajstić information content (AvgIpc) is 2.23. The van der Waals surface area contributed by atoms with Crippen molar-refractivity contribution >= 4 is 5.69 Å². The van der Waals surface area contributed by atoms with E-state index in [9.17, 15) is 0 Å². The molecule has 0 aromatic heterocycles. The SMILES string of the molecule is Cc1c(N)cccc1OC(C)N(C(C)C)C(C)C. The molecule has 0 aliphatic carbocycles. The van der Waals surface area contributed by atoms with E-state index in [1.54, 1.807) is 0 Å². The van der Waals surface area contributed by atoms with Gasteiger partial charge in [0.2, 0.25) is 0 Å². The highest BCUT2D eigenvalue weighted by molar-refractivity contribution is 5.53. The molecular formula is C15H26N2O. The van der Waals surface area contributed by atoms with E-state index in [4.69, 9.17) is 10.5 Å². The Bertz CT molecular complexity index is 380. The number of nitrogens with zero attached hydrogens (tertiary/aromatic N) is 1. The molecule has 1 rings (SSSR count). The zero-order valence-corrected chi connectivity index (χ0v) is 12.4. The summed E-state index contributed by atoms with van der Waals surface area (Å²) < 4.78 is 6.06. The smallest absolute Gasteiger partial charge is 0.150 e. The molecule has 0 radical (unpaired) electrons. The molecular weight excluding hydrogens is 224 g/mol. The third-order valence-corrected chi connectivity index (χ3v) is 3.24. The Morgan fingerprint density at radius 2 is 1.61 bits per heavy atom. The first-order valence-corrected chi connectivity index (χ1v) is 6.63. The van der Waals surface area contributed by atoms with Crippen molar-refractivity contribution in [3.63, 3.8) is 0 Å². The van der Waals surface area contributed by atoms with E-state index >= 15 is 0 Å². The summed E-state index contributed by atoms with van der Waals surface area (Å²) in [5, 5.41) is 0. The number of rotatable bonds is 5. The Labute approximate surface area is 111 Å². The molecule has 0 saturated carbocycles. The molecule has 0 fully saturated rings. The number of hydrogen-bond donors (Lipinski definition) is 1. The van der Waals surface area contributed by atoms with Crippen molar-refractivity contribution in [2.75, 3.05) is 5.73 Å². The first-order valence-electron chi connectivity index (χ1n) is 6.63. The topological polar surface area (TPSA) is 38.5 Å². The molecule has 1 aromatic rings. The van der Waals surface area contributed by atoms with Gasteiger partial charge >= 0.3 is 0 Å². The van der Waals surface area contributed by atoms with Crippen molar-refractivity contribution in [2.45, 2.75) is 59.9 Å². The quantitative estimate of drug-likeness (QED) is 0.643. The molecule has 0 aliphatic rings. The summed E-state index contributed by atoms with van der Waals surface area (Å²) in [4.78, 5) is 2.34. The number of nitrogens with two attached hydrogens (primary N) is 1. The Hall–Kier alpha value is -1.22. The second-order valence-electron chi connectivity index (χ2n) is 5.32. The number of nitrogen functional groups attached to an aromatic ring is 1. The van der Waals surface area contributed by atoms with Crippen LogP contribution in [0.3, 0.4) is 0 Å². The van der Waals surface area contributed by atoms with Gasteiger partial charge in [0.25, 0.3) is 0 Å². The summed E-state index contributed by atoms with van der Waals surface area (Å²) in [6.45, 7) is 12.8. The molecule has 0 saturated heterocycles. The largest absolute Gasteiger partial charge is 0.475 e. The molecule has 0 bridgehead atoms. The van der Waals surface area contributed by atoms with Gasteiger partial charge in [0.05, 0.1) is 0 Å². The zero-order valence-electron chi connectivity index (χ0n) is 12.4. The number of hydrogen-bond acceptors (Lipinski definition) is 3. The van der Waals surface area contributed by atoms with Crippen LogP contribution in [0.2, 0.25) is 0 Å². The van der Waals surface area contributed by atoms with Gasteiger partial charge in [0, 0.05) is 23.3 Å². The summed E-state index contributed by atoms with van der Waals surface area (Å²) in [6, 6.07) is 6.69. The van der Waals surface area contributed by atoms with Crippen LogP contribution >= 0.6 is 0 Å². The molecule has 3 nitrogen and oxygen atoms in total. The van der Waals surface area contributed by atoms with E-state index < -0.39 is 0 Å². The van der Waals surface area contributed by atoms with Crippen LogP contribution in [0.15, 0.2) is 18.2 Å². The molecule has 1 unspecified atom stereocenters. The van der Waals surface area contributed by atoms with Gasteiger partial charge in [-0.3, -0.25) is 4.90 Å². The minimum Gasteiger partial charge on any atom is -0.475 e. The molecule has 0 heterocycles. The standard InChI is InChI=1S/C15H26N2O/c1-10(2)17(11(3)4)13(6)18-15-9-7-8-14(16)12(15)5/h7-11,13H,16H2,1-6H3. The van der Waals surface area contributed by atoms with E-state index in [0.29, 0.717) is 12.1 Å². The summed E-state index contributed by atoms with van der Waals surface area (Å²) in [5.74, 6) is 0.869. The first kappa shape index (κ1) is 14.8. The van der Waals surface area contributed by atoms with E-state index in [-0.39, 0.29) is 6.23 Å². The second-order valence-corrected chi connectivity index (χ2v) is 5.32. The Balaban J connectivity index is 2.86. The van der Waals surface area contributed by atoms with Gasteiger partial charge in [0.15, 0.2) is 0 Å². The van der Waals surface area contributed by atoms with Crippen molar-refractivity contribution in [2.24, 2.45) is 0 Å². The Kier molecular flexibility index (Phi) is 5.03. The lowest BCUT2D eigenvalue weighted by atomic mass is 10.2. The van der Waals surface area contributed by atoms with Gasteiger partial charge in [-0.1, -0.05) is 6.07 Å². The number of anilines is 1. The molecule has 1 aromatic carbocycles. The maximum atomic E-state index is 6.06. The van der Waals surface area contributed by atoms with Crippen molar-refractivity contribution in [3.8, 4) is 5.75 Å². The molecule has 18 heavy (non-hydrogen) atoms. The summed E-state index contributed by atoms with van der Waals surface area (Å²) in [6.07, 6.45) is 0.0329. The molecule has 3 heteroatoms. The molecule has 0 aliphatic heterocycles. The van der Waals surface area contributed by atoms with Gasteiger partial charge in [-0.05, 0) is 53.7 Å².